The molecule has 1 heterocycles. The van der Waals surface area contributed by atoms with Gasteiger partial charge in [0.15, 0.2) is 0 Å². The Hall–Kier alpha value is -1.40. The number of benzene rings is 1. The highest BCUT2D eigenvalue weighted by Gasteiger charge is 2.27. The molecule has 2 rings (SSSR count). The number of nitrogen functional groups attached to an aromatic ring is 1. The van der Waals surface area contributed by atoms with Crippen molar-refractivity contribution < 1.29 is 13.7 Å². The Bertz CT molecular complexity index is 527. The number of nitrogens with zero attached hydrogens (tertiary/aromatic N) is 1. The lowest BCUT2D eigenvalue weighted by Crippen LogP contribution is -2.45. The smallest absolute Gasteiger partial charge is 0.238 e. The van der Waals surface area contributed by atoms with Crippen molar-refractivity contribution in [2.45, 2.75) is 24.0 Å². The summed E-state index contributed by atoms with van der Waals surface area (Å²) in [7, 11) is -1.37. The summed E-state index contributed by atoms with van der Waals surface area (Å²) in [6.07, 6.45) is 0. The minimum atomic E-state index is -1.37. The molecule has 0 spiro atoms. The van der Waals surface area contributed by atoms with Crippen LogP contribution in [0.25, 0.3) is 0 Å². The number of aryl methyl sites for hydroxylation is 1. The molecule has 0 radical (unpaired) electrons. The molecule has 1 aromatic carbocycles. The van der Waals surface area contributed by atoms with E-state index in [2.05, 4.69) is 0 Å². The summed E-state index contributed by atoms with van der Waals surface area (Å²) in [6.45, 7) is 5.81. The van der Waals surface area contributed by atoms with Gasteiger partial charge in [-0.2, -0.15) is 0 Å². The number of nitrogens with two attached hydrogens (primary N) is 1. The van der Waals surface area contributed by atoms with E-state index in [1.165, 1.54) is 0 Å². The minimum Gasteiger partial charge on any atom is -0.399 e. The molecule has 110 valence electrons. The van der Waals surface area contributed by atoms with E-state index < -0.39 is 16.0 Å². The van der Waals surface area contributed by atoms with Crippen molar-refractivity contribution in [2.75, 3.05) is 32.0 Å². The molecular weight excluding hydrogens is 276 g/mol. The molecule has 0 aromatic heterocycles. The van der Waals surface area contributed by atoms with Crippen LogP contribution in [0.2, 0.25) is 0 Å². The molecular formula is C14H20N2O3S. The molecule has 1 aliphatic heterocycles. The first-order valence-electron chi connectivity index (χ1n) is 6.64. The molecule has 20 heavy (non-hydrogen) atoms. The van der Waals surface area contributed by atoms with Gasteiger partial charge in [0.05, 0.1) is 24.0 Å². The number of hydrogen-bond donors (Lipinski definition) is 1. The molecule has 1 saturated heterocycles. The molecule has 2 atom stereocenters. The fourth-order valence-corrected chi connectivity index (χ4v) is 3.35. The van der Waals surface area contributed by atoms with Crippen LogP contribution in [0, 0.1) is 6.92 Å². The van der Waals surface area contributed by atoms with E-state index in [0.29, 0.717) is 36.9 Å². The van der Waals surface area contributed by atoms with Gasteiger partial charge in [0, 0.05) is 23.7 Å². The fourth-order valence-electron chi connectivity index (χ4n) is 2.11. The maximum absolute atomic E-state index is 12.5. The topological polar surface area (TPSA) is 72.6 Å². The summed E-state index contributed by atoms with van der Waals surface area (Å²) < 4.78 is 17.7. The average molecular weight is 296 g/mol. The van der Waals surface area contributed by atoms with Crippen LogP contribution >= 0.6 is 0 Å². The zero-order valence-electron chi connectivity index (χ0n) is 11.8. The van der Waals surface area contributed by atoms with E-state index in [1.54, 1.807) is 30.0 Å². The first-order chi connectivity index (χ1) is 9.50. The zero-order valence-corrected chi connectivity index (χ0v) is 12.6. The number of ether oxygens (including phenoxy) is 1. The molecule has 2 unspecified atom stereocenters. The fraction of sp³-hybridized carbons (Fsp3) is 0.500. The van der Waals surface area contributed by atoms with Crippen LogP contribution in [0.15, 0.2) is 23.1 Å². The Balaban J connectivity index is 2.10. The largest absolute Gasteiger partial charge is 0.399 e. The van der Waals surface area contributed by atoms with Crippen LogP contribution in [-0.4, -0.2) is 46.6 Å². The second-order valence-corrected chi connectivity index (χ2v) is 6.67. The van der Waals surface area contributed by atoms with E-state index >= 15 is 0 Å². The Morgan fingerprint density at radius 3 is 2.65 bits per heavy atom. The van der Waals surface area contributed by atoms with Crippen molar-refractivity contribution in [3.8, 4) is 0 Å². The highest BCUT2D eigenvalue weighted by Crippen LogP contribution is 2.19. The van der Waals surface area contributed by atoms with Crippen LogP contribution in [-0.2, 0) is 20.3 Å². The Labute approximate surface area is 121 Å². The van der Waals surface area contributed by atoms with E-state index in [-0.39, 0.29) is 5.91 Å². The molecule has 0 saturated carbocycles. The summed E-state index contributed by atoms with van der Waals surface area (Å²) in [5.41, 5.74) is 7.30. The number of amides is 1. The van der Waals surface area contributed by atoms with Gasteiger partial charge in [-0.15, -0.1) is 0 Å². The highest BCUT2D eigenvalue weighted by molar-refractivity contribution is 7.86. The predicted molar refractivity (Wildman–Crippen MR) is 78.9 cm³/mol. The zero-order chi connectivity index (χ0) is 14.7. The van der Waals surface area contributed by atoms with Crippen molar-refractivity contribution in [3.63, 3.8) is 0 Å². The number of rotatable bonds is 3. The average Bonchev–Trinajstić information content (AvgIpc) is 2.48. The normalized spacial score (nSPS) is 18.6. The van der Waals surface area contributed by atoms with E-state index in [1.807, 2.05) is 6.92 Å². The molecule has 0 aliphatic carbocycles. The second-order valence-electron chi connectivity index (χ2n) is 4.90. The maximum atomic E-state index is 12.5. The monoisotopic (exact) mass is 296 g/mol. The van der Waals surface area contributed by atoms with Gasteiger partial charge in [-0.05, 0) is 37.6 Å². The summed E-state index contributed by atoms with van der Waals surface area (Å²) in [4.78, 5) is 14.7. The Morgan fingerprint density at radius 2 is 2.05 bits per heavy atom. The van der Waals surface area contributed by atoms with Gasteiger partial charge in [-0.25, -0.2) is 0 Å². The summed E-state index contributed by atoms with van der Waals surface area (Å²) in [5, 5.41) is -0.559. The van der Waals surface area contributed by atoms with Gasteiger partial charge in [0.2, 0.25) is 5.91 Å². The molecule has 1 aliphatic rings. The second kappa shape index (κ2) is 6.37. The molecule has 1 fully saturated rings. The van der Waals surface area contributed by atoms with Crippen LogP contribution < -0.4 is 5.73 Å². The maximum Gasteiger partial charge on any atom is 0.238 e. The van der Waals surface area contributed by atoms with E-state index in [9.17, 15) is 9.00 Å². The third-order valence-corrected chi connectivity index (χ3v) is 5.03. The Kier molecular flexibility index (Phi) is 4.77. The van der Waals surface area contributed by atoms with Gasteiger partial charge in [0.1, 0.15) is 5.25 Å². The molecule has 1 aromatic rings. The third-order valence-electron chi connectivity index (χ3n) is 3.47. The first kappa shape index (κ1) is 15.0. The van der Waals surface area contributed by atoms with Crippen LogP contribution in [0.3, 0.4) is 0 Å². The predicted octanol–water partition coefficient (Wildman–Crippen LogP) is 0.932. The quantitative estimate of drug-likeness (QED) is 0.842. The number of carbonyl (C=O) groups is 1. The number of morpholine rings is 1. The Morgan fingerprint density at radius 1 is 1.40 bits per heavy atom. The minimum absolute atomic E-state index is 0.0823. The molecule has 0 bridgehead atoms. The van der Waals surface area contributed by atoms with Gasteiger partial charge in [-0.3, -0.25) is 9.00 Å². The summed E-state index contributed by atoms with van der Waals surface area (Å²) in [5.74, 6) is -0.0823. The van der Waals surface area contributed by atoms with Crippen LogP contribution in [0.5, 0.6) is 0 Å². The molecule has 5 nitrogen and oxygen atoms in total. The lowest BCUT2D eigenvalue weighted by molar-refractivity contribution is -0.134. The van der Waals surface area contributed by atoms with Crippen molar-refractivity contribution in [1.29, 1.82) is 0 Å². The van der Waals surface area contributed by atoms with E-state index in [4.69, 9.17) is 10.5 Å². The molecule has 6 heteroatoms. The standard InChI is InChI=1S/C14H20N2O3S/c1-10-9-12(3-4-13(10)15)20(18)11(2)14(17)16-5-7-19-8-6-16/h3-4,9,11H,5-8,15H2,1-2H3. The van der Waals surface area contributed by atoms with Gasteiger partial charge >= 0.3 is 0 Å². The van der Waals surface area contributed by atoms with Gasteiger partial charge in [0.25, 0.3) is 0 Å². The SMILES string of the molecule is Cc1cc(S(=O)C(C)C(=O)N2CCOCC2)ccc1N. The van der Waals surface area contributed by atoms with Crippen molar-refractivity contribution in [1.82, 2.24) is 4.90 Å². The van der Waals surface area contributed by atoms with Crippen LogP contribution in [0.4, 0.5) is 5.69 Å². The highest BCUT2D eigenvalue weighted by atomic mass is 32.2. The van der Waals surface area contributed by atoms with Gasteiger partial charge < -0.3 is 15.4 Å². The van der Waals surface area contributed by atoms with Crippen molar-refractivity contribution >= 4 is 22.4 Å². The molecule has 2 N–H and O–H groups in total. The van der Waals surface area contributed by atoms with E-state index in [0.717, 1.165) is 5.56 Å². The number of hydrogen-bond acceptors (Lipinski definition) is 4. The molecule has 1 amide bonds. The number of anilines is 1. The van der Waals surface area contributed by atoms with Crippen molar-refractivity contribution in [3.05, 3.63) is 23.8 Å². The van der Waals surface area contributed by atoms with Gasteiger partial charge in [-0.1, -0.05) is 0 Å². The van der Waals surface area contributed by atoms with Crippen LogP contribution in [0.1, 0.15) is 12.5 Å². The number of carbonyl (C=O) groups excluding carboxylic acids is 1. The third kappa shape index (κ3) is 3.19. The summed E-state index contributed by atoms with van der Waals surface area (Å²) >= 11 is 0. The lowest BCUT2D eigenvalue weighted by Gasteiger charge is -2.29. The lowest BCUT2D eigenvalue weighted by atomic mass is 10.2. The van der Waals surface area contributed by atoms with Crippen molar-refractivity contribution in [2.24, 2.45) is 0 Å². The summed E-state index contributed by atoms with van der Waals surface area (Å²) in [6, 6.07) is 5.24. The first-order valence-corrected chi connectivity index (χ1v) is 7.85.